The molecule has 0 radical (unpaired) electrons. The fourth-order valence-electron chi connectivity index (χ4n) is 11.0. The zero-order valence-electron chi connectivity index (χ0n) is 25.1. The molecule has 2 bridgehead atoms. The van der Waals surface area contributed by atoms with E-state index in [0.29, 0.717) is 18.9 Å². The molecule has 3 saturated carbocycles. The zero-order chi connectivity index (χ0) is 28.8. The molecular weight excluding hydrogens is 532 g/mol. The number of aliphatic hydroxyl groups excluding tert-OH is 2. The number of piperazine rings is 1. The minimum Gasteiger partial charge on any atom is -0.395 e. The number of β-amino-alcohol motifs (C(OH)–C–C–N with tert-alkyl or cyclic N) is 2. The van der Waals surface area contributed by atoms with Crippen molar-refractivity contribution in [1.29, 1.82) is 0 Å². The van der Waals surface area contributed by atoms with Crippen molar-refractivity contribution in [3.63, 3.8) is 0 Å². The van der Waals surface area contributed by atoms with Crippen LogP contribution in [0, 0.1) is 40.4 Å². The Morgan fingerprint density at radius 3 is 2.37 bits per heavy atom. The summed E-state index contributed by atoms with van der Waals surface area (Å²) in [7, 11) is 0. The number of hydrogen-bond donors (Lipinski definition) is 3. The first-order valence-electron chi connectivity index (χ1n) is 16.0. The third kappa shape index (κ3) is 3.82. The van der Waals surface area contributed by atoms with Gasteiger partial charge in [0.15, 0.2) is 5.78 Å². The van der Waals surface area contributed by atoms with Gasteiger partial charge in [-0.2, -0.15) is 0 Å². The molecule has 1 unspecified atom stereocenters. The summed E-state index contributed by atoms with van der Waals surface area (Å²) >= 11 is 1.59. The quantitative estimate of drug-likeness (QED) is 0.341. The lowest BCUT2D eigenvalue weighted by atomic mass is 9.32. The number of thiophene rings is 1. The molecule has 7 aliphatic rings. The molecule has 7 heteroatoms. The highest BCUT2D eigenvalue weighted by Crippen LogP contribution is 2.78. The lowest BCUT2D eigenvalue weighted by Crippen LogP contribution is -2.67. The van der Waals surface area contributed by atoms with Crippen LogP contribution in [0.4, 0.5) is 0 Å². The Kier molecular flexibility index (Phi) is 6.64. The van der Waals surface area contributed by atoms with Crippen LogP contribution in [0.1, 0.15) is 73.3 Å². The second-order valence-corrected chi connectivity index (χ2v) is 16.2. The van der Waals surface area contributed by atoms with Gasteiger partial charge in [-0.05, 0) is 81.3 Å². The monoisotopic (exact) mass is 580 g/mol. The number of fused-ring (bicyclic) bond motifs is 1. The third-order valence-electron chi connectivity index (χ3n) is 13.3. The summed E-state index contributed by atoms with van der Waals surface area (Å²) in [6.45, 7) is 12.1. The van der Waals surface area contributed by atoms with E-state index in [1.165, 1.54) is 0 Å². The molecular formula is C34H48N2O4S. The number of hydrogen-bond acceptors (Lipinski definition) is 7. The van der Waals surface area contributed by atoms with Gasteiger partial charge in [-0.3, -0.25) is 14.6 Å². The predicted octanol–water partition coefficient (Wildman–Crippen LogP) is 4.44. The Labute approximate surface area is 249 Å². The summed E-state index contributed by atoms with van der Waals surface area (Å²) in [6, 6.07) is 4.05. The van der Waals surface area contributed by atoms with Crippen LogP contribution < -0.4 is 0 Å². The van der Waals surface area contributed by atoms with Gasteiger partial charge in [-0.25, -0.2) is 0 Å². The lowest BCUT2D eigenvalue weighted by Gasteiger charge is -2.71. The number of aryl methyl sites for hydroxylation is 1. The highest BCUT2D eigenvalue weighted by Gasteiger charge is 2.74. The van der Waals surface area contributed by atoms with Crippen LogP contribution in [0.5, 0.6) is 0 Å². The van der Waals surface area contributed by atoms with Gasteiger partial charge >= 0.3 is 0 Å². The molecule has 1 aromatic rings. The van der Waals surface area contributed by atoms with Gasteiger partial charge < -0.3 is 15.3 Å². The van der Waals surface area contributed by atoms with Gasteiger partial charge in [0, 0.05) is 66.0 Å². The van der Waals surface area contributed by atoms with Gasteiger partial charge in [-0.15, -0.1) is 11.3 Å². The summed E-state index contributed by atoms with van der Waals surface area (Å²) < 4.78 is 0. The highest BCUT2D eigenvalue weighted by atomic mass is 32.1. The SMILES string of the molecule is Cc1ccc(C(=O)C2=C[C@@]34C=C[C@@]25[C@@H]2CC[C@@](O)(CN6CCN(CCO)CC6)[C@@]2(C)CC[C@@H]5[C@@]3(C)CCC(O)C4)s1. The van der Waals surface area contributed by atoms with E-state index in [9.17, 15) is 20.1 Å². The van der Waals surface area contributed by atoms with Crippen LogP contribution in [0.25, 0.3) is 0 Å². The number of nitrogens with zero attached hydrogens (tertiary/aromatic N) is 2. The van der Waals surface area contributed by atoms with E-state index in [0.717, 1.165) is 86.6 Å². The summed E-state index contributed by atoms with van der Waals surface area (Å²) in [5, 5.41) is 32.8. The predicted molar refractivity (Wildman–Crippen MR) is 162 cm³/mol. The van der Waals surface area contributed by atoms with Crippen molar-refractivity contribution in [2.45, 2.75) is 77.4 Å². The zero-order valence-corrected chi connectivity index (χ0v) is 25.9. The van der Waals surface area contributed by atoms with Crippen LogP contribution >= 0.6 is 11.3 Å². The molecule has 6 nitrogen and oxygen atoms in total. The normalized spacial score (nSPS) is 45.7. The molecule has 1 aliphatic heterocycles. The molecule has 3 N–H and O–H groups in total. The van der Waals surface area contributed by atoms with E-state index in [1.54, 1.807) is 11.3 Å². The number of aliphatic hydroxyl groups is 3. The van der Waals surface area contributed by atoms with Crippen molar-refractivity contribution in [3.8, 4) is 0 Å². The lowest BCUT2D eigenvalue weighted by molar-refractivity contribution is -0.177. The molecule has 1 saturated heterocycles. The van der Waals surface area contributed by atoms with E-state index in [4.69, 9.17) is 0 Å². The number of Topliss-reactive ketones (excluding diaryl/α,β-unsaturated/α-hetero) is 1. The number of ketones is 1. The van der Waals surface area contributed by atoms with Gasteiger partial charge in [-0.1, -0.05) is 32.1 Å². The summed E-state index contributed by atoms with van der Waals surface area (Å²) in [5.74, 6) is 0.697. The Morgan fingerprint density at radius 1 is 0.976 bits per heavy atom. The molecule has 4 fully saturated rings. The molecule has 6 aliphatic carbocycles. The number of carbonyl (C=O) groups is 1. The maximum atomic E-state index is 14.5. The van der Waals surface area contributed by atoms with Gasteiger partial charge in [0.25, 0.3) is 0 Å². The average Bonchev–Trinajstić information content (AvgIpc) is 3.49. The molecule has 2 spiro atoms. The van der Waals surface area contributed by atoms with E-state index in [1.807, 2.05) is 6.07 Å². The van der Waals surface area contributed by atoms with E-state index < -0.39 is 5.60 Å². The van der Waals surface area contributed by atoms with Crippen LogP contribution in [0.3, 0.4) is 0 Å². The number of rotatable bonds is 6. The highest BCUT2D eigenvalue weighted by molar-refractivity contribution is 7.14. The van der Waals surface area contributed by atoms with Crippen molar-refractivity contribution in [2.75, 3.05) is 45.9 Å². The minimum atomic E-state index is -0.798. The van der Waals surface area contributed by atoms with Crippen molar-refractivity contribution in [3.05, 3.63) is 45.7 Å². The Morgan fingerprint density at radius 2 is 1.66 bits per heavy atom. The van der Waals surface area contributed by atoms with E-state index >= 15 is 0 Å². The van der Waals surface area contributed by atoms with Crippen LogP contribution in [0.2, 0.25) is 0 Å². The number of carbonyl (C=O) groups excluding carboxylic acids is 1. The molecule has 8 atom stereocenters. The minimum absolute atomic E-state index is 0.00119. The third-order valence-corrected chi connectivity index (χ3v) is 14.3. The van der Waals surface area contributed by atoms with Crippen molar-refractivity contribution >= 4 is 17.1 Å². The first kappa shape index (κ1) is 28.4. The Hall–Kier alpha value is -1.35. The van der Waals surface area contributed by atoms with Gasteiger partial charge in [0.2, 0.25) is 0 Å². The maximum absolute atomic E-state index is 14.5. The second-order valence-electron chi connectivity index (χ2n) is 14.9. The van der Waals surface area contributed by atoms with Crippen molar-refractivity contribution in [1.82, 2.24) is 9.80 Å². The molecule has 1 aromatic heterocycles. The van der Waals surface area contributed by atoms with Crippen LogP contribution in [-0.4, -0.2) is 88.5 Å². The topological polar surface area (TPSA) is 84.2 Å². The molecule has 2 heterocycles. The second kappa shape index (κ2) is 9.57. The summed E-state index contributed by atoms with van der Waals surface area (Å²) in [4.78, 5) is 21.2. The van der Waals surface area contributed by atoms with Crippen LogP contribution in [-0.2, 0) is 0 Å². The average molecular weight is 581 g/mol. The molecule has 0 aromatic carbocycles. The maximum Gasteiger partial charge on any atom is 0.199 e. The smallest absolute Gasteiger partial charge is 0.199 e. The van der Waals surface area contributed by atoms with E-state index in [2.05, 4.69) is 54.9 Å². The molecule has 8 rings (SSSR count). The molecule has 224 valence electrons. The van der Waals surface area contributed by atoms with Crippen LogP contribution in [0.15, 0.2) is 35.9 Å². The first-order valence-corrected chi connectivity index (χ1v) is 16.8. The molecule has 41 heavy (non-hydrogen) atoms. The van der Waals surface area contributed by atoms with Crippen molar-refractivity contribution < 1.29 is 20.1 Å². The Bertz CT molecular complexity index is 1280. The fraction of sp³-hybridized carbons (Fsp3) is 0.735. The molecule has 0 amide bonds. The first-order chi connectivity index (χ1) is 19.5. The van der Waals surface area contributed by atoms with Crippen molar-refractivity contribution in [2.24, 2.45) is 33.5 Å². The summed E-state index contributed by atoms with van der Waals surface area (Å²) in [5.41, 5.74) is -0.801. The fourth-order valence-corrected chi connectivity index (χ4v) is 11.8. The Balaban J connectivity index is 1.28. The largest absolute Gasteiger partial charge is 0.395 e. The van der Waals surface area contributed by atoms with Gasteiger partial charge in [0.05, 0.1) is 23.2 Å². The van der Waals surface area contributed by atoms with E-state index in [-0.39, 0.29) is 46.1 Å². The summed E-state index contributed by atoms with van der Waals surface area (Å²) in [6.07, 6.45) is 13.0. The number of allylic oxidation sites excluding steroid dienone is 4. The standard InChI is InChI=1S/C34H48N2O4S/c1-23-4-5-26(41-23)29(39)25-21-32-12-13-34(25)27(30(32,2)9-6-24(38)20-32)7-10-31(3)28(34)8-11-33(31,40)22-36-16-14-35(15-17-36)18-19-37/h4-5,12-13,21,24,27-28,37-38,40H,6-11,14-20,22H2,1-3H3/t24?,27-,28-,30-,31+,32+,33-,34-/m1/s1. The van der Waals surface area contributed by atoms with Gasteiger partial charge in [0.1, 0.15) is 0 Å².